The van der Waals surface area contributed by atoms with Crippen molar-refractivity contribution < 1.29 is 0 Å². The molecule has 2 heteroatoms. The summed E-state index contributed by atoms with van der Waals surface area (Å²) in [7, 11) is 0. The predicted octanol–water partition coefficient (Wildman–Crippen LogP) is 3.99. The van der Waals surface area contributed by atoms with Crippen LogP contribution in [0.2, 0.25) is 0 Å². The smallest absolute Gasteiger partial charge is 0.240 e. The van der Waals surface area contributed by atoms with Crippen LogP contribution in [0.4, 0.5) is 0 Å². The first kappa shape index (κ1) is 13.6. The highest BCUT2D eigenvalue weighted by atomic mass is 15.2. The highest BCUT2D eigenvalue weighted by Crippen LogP contribution is 2.36. The van der Waals surface area contributed by atoms with Crippen LogP contribution in [0.15, 0.2) is 30.3 Å². The zero-order valence-electron chi connectivity index (χ0n) is 12.2. The lowest BCUT2D eigenvalue weighted by atomic mass is 9.78. The summed E-state index contributed by atoms with van der Waals surface area (Å²) in [5, 5.41) is 0. The van der Waals surface area contributed by atoms with Crippen molar-refractivity contribution >= 4 is 0 Å². The fourth-order valence-electron chi connectivity index (χ4n) is 4.03. The summed E-state index contributed by atoms with van der Waals surface area (Å²) < 4.78 is 0. The normalized spacial score (nSPS) is 28.4. The lowest BCUT2D eigenvalue weighted by molar-refractivity contribution is 0.232. The topological polar surface area (TPSA) is 7.60 Å². The van der Waals surface area contributed by atoms with E-state index in [4.69, 9.17) is 6.57 Å². The molecule has 1 saturated carbocycles. The molecule has 2 fully saturated rings. The van der Waals surface area contributed by atoms with E-state index in [1.165, 1.54) is 37.7 Å². The van der Waals surface area contributed by atoms with E-state index in [1.54, 1.807) is 0 Å². The quantitative estimate of drug-likeness (QED) is 0.752. The molecule has 106 valence electrons. The number of rotatable bonds is 3. The molecule has 2 aliphatic rings. The van der Waals surface area contributed by atoms with Crippen molar-refractivity contribution in [3.63, 3.8) is 0 Å². The van der Waals surface area contributed by atoms with Crippen molar-refractivity contribution in [2.45, 2.75) is 44.7 Å². The zero-order chi connectivity index (χ0) is 13.8. The van der Waals surface area contributed by atoms with Crippen molar-refractivity contribution in [3.05, 3.63) is 47.3 Å². The molecular weight excluding hydrogens is 244 g/mol. The van der Waals surface area contributed by atoms with Crippen molar-refractivity contribution in [1.82, 2.24) is 4.90 Å². The first-order valence-corrected chi connectivity index (χ1v) is 7.99. The molecule has 3 rings (SSSR count). The van der Waals surface area contributed by atoms with E-state index in [0.717, 1.165) is 25.6 Å². The van der Waals surface area contributed by atoms with E-state index in [9.17, 15) is 0 Å². The third-order valence-corrected chi connectivity index (χ3v) is 5.08. The molecule has 2 atom stereocenters. The van der Waals surface area contributed by atoms with Crippen LogP contribution < -0.4 is 0 Å². The maximum Gasteiger partial charge on any atom is 0.240 e. The molecule has 1 aromatic rings. The average Bonchev–Trinajstić information content (AvgIpc) is 2.92. The Morgan fingerprint density at radius 3 is 2.50 bits per heavy atom. The highest BCUT2D eigenvalue weighted by molar-refractivity contribution is 5.15. The molecule has 1 saturated heterocycles. The van der Waals surface area contributed by atoms with Gasteiger partial charge in [0.1, 0.15) is 0 Å². The number of hydrogen-bond acceptors (Lipinski definition) is 1. The molecule has 0 radical (unpaired) electrons. The molecule has 2 nitrogen and oxygen atoms in total. The molecule has 0 unspecified atom stereocenters. The third kappa shape index (κ3) is 3.04. The van der Waals surface area contributed by atoms with Crippen molar-refractivity contribution in [2.24, 2.45) is 11.8 Å². The zero-order valence-corrected chi connectivity index (χ0v) is 12.2. The average molecular weight is 268 g/mol. The van der Waals surface area contributed by atoms with E-state index in [1.807, 2.05) is 0 Å². The van der Waals surface area contributed by atoms with Crippen molar-refractivity contribution in [2.75, 3.05) is 13.1 Å². The maximum absolute atomic E-state index is 7.52. The molecule has 0 N–H and O–H groups in total. The van der Waals surface area contributed by atoms with Gasteiger partial charge in [-0.25, -0.2) is 6.57 Å². The Morgan fingerprint density at radius 2 is 1.80 bits per heavy atom. The van der Waals surface area contributed by atoms with Crippen LogP contribution in [0, 0.1) is 18.4 Å². The highest BCUT2D eigenvalue weighted by Gasteiger charge is 2.42. The second-order valence-electron chi connectivity index (χ2n) is 6.44. The largest absolute Gasteiger partial charge is 0.312 e. The fraction of sp³-hybridized carbons (Fsp3) is 0.611. The second kappa shape index (κ2) is 6.41. The Kier molecular flexibility index (Phi) is 4.38. The summed E-state index contributed by atoms with van der Waals surface area (Å²) in [5.41, 5.74) is 1.38. The van der Waals surface area contributed by atoms with E-state index < -0.39 is 0 Å². The minimum Gasteiger partial charge on any atom is -0.312 e. The molecule has 20 heavy (non-hydrogen) atoms. The lowest BCUT2D eigenvalue weighted by Gasteiger charge is -2.27. The Balaban J connectivity index is 1.63. The standard InChI is InChI=1S/C18H24N2/c1-19-18-14-20(12-15-8-4-2-5-9-15)13-17(18)16-10-6-3-7-11-16/h2,4-5,8-9,16-18H,3,6-7,10-14H2/t17-,18+/m1/s1. The first-order chi connectivity index (χ1) is 9.86. The number of likely N-dealkylation sites (tertiary alicyclic amines) is 1. The second-order valence-corrected chi connectivity index (χ2v) is 6.44. The number of nitrogens with zero attached hydrogens (tertiary/aromatic N) is 2. The minimum absolute atomic E-state index is 0.238. The van der Waals surface area contributed by atoms with Gasteiger partial charge in [-0.2, -0.15) is 0 Å². The monoisotopic (exact) mass is 268 g/mol. The first-order valence-electron chi connectivity index (χ1n) is 7.99. The van der Waals surface area contributed by atoms with Crippen LogP contribution in [-0.4, -0.2) is 24.0 Å². The maximum atomic E-state index is 7.52. The molecule has 1 aliphatic heterocycles. The molecule has 0 aromatic heterocycles. The number of hydrogen-bond donors (Lipinski definition) is 0. The molecule has 1 aliphatic carbocycles. The summed E-state index contributed by atoms with van der Waals surface area (Å²) in [5.74, 6) is 1.43. The van der Waals surface area contributed by atoms with Crippen molar-refractivity contribution in [3.8, 4) is 0 Å². The summed E-state index contributed by atoms with van der Waals surface area (Å²) in [6.07, 6.45) is 6.88. The molecular formula is C18H24N2. The van der Waals surface area contributed by atoms with Crippen LogP contribution in [0.3, 0.4) is 0 Å². The van der Waals surface area contributed by atoms with Gasteiger partial charge in [0.2, 0.25) is 6.04 Å². The van der Waals surface area contributed by atoms with Gasteiger partial charge in [0, 0.05) is 13.1 Å². The molecule has 0 amide bonds. The van der Waals surface area contributed by atoms with Gasteiger partial charge in [0.25, 0.3) is 0 Å². The van der Waals surface area contributed by atoms with Gasteiger partial charge in [-0.05, 0) is 24.3 Å². The van der Waals surface area contributed by atoms with Crippen LogP contribution in [0.5, 0.6) is 0 Å². The summed E-state index contributed by atoms with van der Waals surface area (Å²) in [4.78, 5) is 6.44. The minimum atomic E-state index is 0.238. The summed E-state index contributed by atoms with van der Waals surface area (Å²) >= 11 is 0. The van der Waals surface area contributed by atoms with E-state index >= 15 is 0 Å². The van der Waals surface area contributed by atoms with Gasteiger partial charge in [-0.15, -0.1) is 0 Å². The molecule has 0 spiro atoms. The Morgan fingerprint density at radius 1 is 1.05 bits per heavy atom. The van der Waals surface area contributed by atoms with Crippen molar-refractivity contribution in [1.29, 1.82) is 0 Å². The van der Waals surface area contributed by atoms with Gasteiger partial charge in [-0.1, -0.05) is 49.6 Å². The van der Waals surface area contributed by atoms with Crippen LogP contribution in [0.25, 0.3) is 4.85 Å². The van der Waals surface area contributed by atoms with Crippen LogP contribution >= 0.6 is 0 Å². The summed E-state index contributed by atoms with van der Waals surface area (Å²) in [6.45, 7) is 10.6. The Bertz CT molecular complexity index is 456. The van der Waals surface area contributed by atoms with E-state index in [0.29, 0.717) is 5.92 Å². The Labute approximate surface area is 122 Å². The van der Waals surface area contributed by atoms with Gasteiger partial charge in [-0.3, -0.25) is 4.90 Å². The Hall–Kier alpha value is -1.33. The fourth-order valence-corrected chi connectivity index (χ4v) is 4.03. The van der Waals surface area contributed by atoms with Gasteiger partial charge in [0.05, 0.1) is 12.5 Å². The third-order valence-electron chi connectivity index (χ3n) is 5.08. The van der Waals surface area contributed by atoms with Gasteiger partial charge >= 0.3 is 0 Å². The van der Waals surface area contributed by atoms with Crippen LogP contribution in [-0.2, 0) is 6.54 Å². The van der Waals surface area contributed by atoms with Gasteiger partial charge < -0.3 is 4.85 Å². The molecule has 1 heterocycles. The van der Waals surface area contributed by atoms with E-state index in [-0.39, 0.29) is 6.04 Å². The lowest BCUT2D eigenvalue weighted by Crippen LogP contribution is -2.26. The SMILES string of the molecule is [C-]#[N+][C@H]1CN(Cc2ccccc2)C[C@@H]1C1CCCCC1. The molecule has 0 bridgehead atoms. The van der Waals surface area contributed by atoms with Gasteiger partial charge in [0.15, 0.2) is 0 Å². The van der Waals surface area contributed by atoms with Crippen LogP contribution in [0.1, 0.15) is 37.7 Å². The number of benzene rings is 1. The summed E-state index contributed by atoms with van der Waals surface area (Å²) in [6, 6.07) is 10.9. The van der Waals surface area contributed by atoms with E-state index in [2.05, 4.69) is 40.1 Å². The molecule has 1 aromatic carbocycles. The predicted molar refractivity (Wildman–Crippen MR) is 82.2 cm³/mol.